The van der Waals surface area contributed by atoms with Crippen molar-refractivity contribution in [3.63, 3.8) is 0 Å². The monoisotopic (exact) mass is 321 g/mol. The molecule has 0 heterocycles. The molecule has 11 nitrogen and oxygen atoms in total. The first-order valence-electron chi connectivity index (χ1n) is 4.29. The minimum absolute atomic E-state index is 0.833. The molecule has 0 saturated heterocycles. The van der Waals surface area contributed by atoms with Gasteiger partial charge in [-0.25, -0.2) is 0 Å². The van der Waals surface area contributed by atoms with Crippen molar-refractivity contribution in [2.75, 3.05) is 0 Å². The predicted molar refractivity (Wildman–Crippen MR) is 65.3 cm³/mol. The molecule has 0 unspecified atom stereocenters. The third kappa shape index (κ3) is 800. The van der Waals surface area contributed by atoms with Gasteiger partial charge < -0.3 is 20.4 Å². The number of carboxylic acids is 4. The van der Waals surface area contributed by atoms with Gasteiger partial charge in [0.1, 0.15) is 0 Å². The van der Waals surface area contributed by atoms with Crippen LogP contribution in [0.15, 0.2) is 0 Å². The van der Waals surface area contributed by atoms with Gasteiger partial charge in [-0.05, 0) is 0 Å². The minimum Gasteiger partial charge on any atom is -0.481 e. The second-order valence-electron chi connectivity index (χ2n) is 2.33. The highest BCUT2D eigenvalue weighted by Crippen LogP contribution is 1.98. The molecule has 0 fully saturated rings. The molecule has 0 aromatic heterocycles. The van der Waals surface area contributed by atoms with Crippen LogP contribution in [-0.2, 0) is 23.7 Å². The third-order valence-corrected chi connectivity index (χ3v) is 0. The van der Waals surface area contributed by atoms with Crippen LogP contribution in [0, 0.1) is 0 Å². The second-order valence-corrected chi connectivity index (χ2v) is 2.83. The Kier molecular flexibility index (Phi) is 39.4. The van der Waals surface area contributed by atoms with E-state index in [1.54, 1.807) is 0 Å². The molecule has 120 valence electrons. The topological polar surface area (TPSA) is 207 Å². The molecule has 0 aromatic carbocycles. The number of aliphatic carboxylic acids is 4. The van der Waals surface area contributed by atoms with Crippen molar-refractivity contribution in [2.24, 2.45) is 0 Å². The Morgan fingerprint density at radius 1 is 0.600 bits per heavy atom. The first-order chi connectivity index (χ1) is 8.66. The van der Waals surface area contributed by atoms with E-state index >= 15 is 0 Å². The Balaban J connectivity index is -0.0000000469. The summed E-state index contributed by atoms with van der Waals surface area (Å²) in [6.07, 6.45) is 0. The van der Waals surface area contributed by atoms with Crippen LogP contribution in [0.2, 0.25) is 0 Å². The summed E-state index contributed by atoms with van der Waals surface area (Å²) in [5.74, 6) is -3.33. The van der Waals surface area contributed by atoms with Gasteiger partial charge >= 0.3 is 8.25 Å². The summed E-state index contributed by atoms with van der Waals surface area (Å²) < 4.78 is 8.70. The van der Waals surface area contributed by atoms with Crippen LogP contribution >= 0.6 is 8.25 Å². The highest BCUT2D eigenvalue weighted by molar-refractivity contribution is 7.30. The van der Waals surface area contributed by atoms with Crippen molar-refractivity contribution < 1.29 is 54.0 Å². The maximum Gasteiger partial charge on any atom is 0.692 e. The smallest absolute Gasteiger partial charge is 0.481 e. The Bertz CT molecular complexity index is 209. The van der Waals surface area contributed by atoms with Crippen molar-refractivity contribution in [1.29, 1.82) is 0 Å². The van der Waals surface area contributed by atoms with Crippen LogP contribution in [-0.4, -0.2) is 54.1 Å². The van der Waals surface area contributed by atoms with Gasteiger partial charge in [0.25, 0.3) is 23.9 Å². The van der Waals surface area contributed by atoms with Crippen LogP contribution in [0.3, 0.4) is 0 Å². The molecule has 0 radical (unpaired) electrons. The number of hydrogen-bond donors (Lipinski definition) is 6. The van der Waals surface area contributed by atoms with Gasteiger partial charge in [-0.1, -0.05) is 0 Å². The van der Waals surface area contributed by atoms with Crippen LogP contribution in [0.4, 0.5) is 0 Å². The van der Waals surface area contributed by atoms with Crippen molar-refractivity contribution >= 4 is 32.1 Å². The summed E-state index contributed by atoms with van der Waals surface area (Å²) in [6, 6.07) is 0. The quantitative estimate of drug-likeness (QED) is 0.327. The van der Waals surface area contributed by atoms with Crippen molar-refractivity contribution in [3.05, 3.63) is 0 Å². The van der Waals surface area contributed by atoms with Gasteiger partial charge in [0.2, 0.25) is 0 Å². The maximum atomic E-state index is 9.00. The number of rotatable bonds is 0. The minimum atomic E-state index is -2.87. The molecule has 20 heavy (non-hydrogen) atoms. The summed E-state index contributed by atoms with van der Waals surface area (Å²) in [5.41, 5.74) is 0. The van der Waals surface area contributed by atoms with E-state index in [-0.39, 0.29) is 0 Å². The maximum absolute atomic E-state index is 9.00. The van der Waals surface area contributed by atoms with Crippen molar-refractivity contribution in [2.45, 2.75) is 27.7 Å². The lowest BCUT2D eigenvalue weighted by atomic mass is 10.9. The van der Waals surface area contributed by atoms with E-state index in [2.05, 4.69) is 0 Å². The second kappa shape index (κ2) is 25.7. The van der Waals surface area contributed by atoms with Gasteiger partial charge in [-0.15, -0.1) is 9.79 Å². The molecule has 0 atom stereocenters. The van der Waals surface area contributed by atoms with Gasteiger partial charge in [0.05, 0.1) is 0 Å². The standard InChI is InChI=1S/4C2H4O2.HO3P/c4*1-2(3)4;1-4(2)3/h4*1H3,(H,3,4);(H-,1,2,3)/p+1. The number of carboxylic acid groups (broad SMARTS) is 4. The molecule has 0 aliphatic rings. The Labute approximate surface area is 115 Å². The van der Waals surface area contributed by atoms with E-state index in [0.29, 0.717) is 0 Å². The molecule has 0 aliphatic carbocycles. The highest BCUT2D eigenvalue weighted by atomic mass is 31.1. The Morgan fingerprint density at radius 3 is 0.600 bits per heavy atom. The van der Waals surface area contributed by atoms with E-state index < -0.39 is 32.1 Å². The summed E-state index contributed by atoms with van der Waals surface area (Å²) >= 11 is 0. The molecule has 0 rings (SSSR count). The van der Waals surface area contributed by atoms with Gasteiger partial charge in [-0.2, -0.15) is 0 Å². The molecule has 12 heteroatoms. The van der Waals surface area contributed by atoms with E-state index in [1.807, 2.05) is 0 Å². The van der Waals surface area contributed by atoms with Gasteiger partial charge in [0, 0.05) is 32.3 Å². The first-order valence-corrected chi connectivity index (χ1v) is 5.46. The third-order valence-electron chi connectivity index (χ3n) is 0. The van der Waals surface area contributed by atoms with Crippen molar-refractivity contribution in [1.82, 2.24) is 0 Å². The zero-order valence-corrected chi connectivity index (χ0v) is 12.1. The number of carbonyl (C=O) groups is 4. The normalized spacial score (nSPS) is 6.30. The summed E-state index contributed by atoms with van der Waals surface area (Å²) in [5, 5.41) is 29.7. The number of hydrogen-bond acceptors (Lipinski definition) is 5. The Morgan fingerprint density at radius 2 is 0.600 bits per heavy atom. The molecule has 6 N–H and O–H groups in total. The van der Waals surface area contributed by atoms with Crippen LogP contribution < -0.4 is 0 Å². The molecule has 0 aromatic rings. The average molecular weight is 321 g/mol. The molecular weight excluding hydrogens is 303 g/mol. The molecule has 0 bridgehead atoms. The summed E-state index contributed by atoms with van der Waals surface area (Å²) in [7, 11) is -2.87. The van der Waals surface area contributed by atoms with Crippen LogP contribution in [0.5, 0.6) is 0 Å². The fourth-order valence-electron chi connectivity index (χ4n) is 0. The van der Waals surface area contributed by atoms with Crippen LogP contribution in [0.1, 0.15) is 27.7 Å². The lowest BCUT2D eigenvalue weighted by Crippen LogP contribution is -1.78. The van der Waals surface area contributed by atoms with E-state index in [0.717, 1.165) is 27.7 Å². The Hall–Kier alpha value is -2.10. The zero-order valence-electron chi connectivity index (χ0n) is 11.2. The molecule has 0 saturated carbocycles. The summed E-state index contributed by atoms with van der Waals surface area (Å²) in [6.45, 7) is 4.33. The molecular formula is C8H18O11P+. The van der Waals surface area contributed by atoms with E-state index in [4.69, 9.17) is 54.0 Å². The largest absolute Gasteiger partial charge is 0.692 e. The zero-order chi connectivity index (χ0) is 17.9. The fraction of sp³-hybridized carbons (Fsp3) is 0.500. The lowest BCUT2D eigenvalue weighted by molar-refractivity contribution is -0.135. The average Bonchev–Trinajstić information content (AvgIpc) is 1.94. The van der Waals surface area contributed by atoms with Crippen LogP contribution in [0.25, 0.3) is 0 Å². The van der Waals surface area contributed by atoms with Gasteiger partial charge in [0.15, 0.2) is 0 Å². The lowest BCUT2D eigenvalue weighted by Gasteiger charge is -1.59. The molecule has 0 amide bonds. The molecule has 0 spiro atoms. The van der Waals surface area contributed by atoms with E-state index in [1.165, 1.54) is 0 Å². The summed E-state index contributed by atoms with van der Waals surface area (Å²) in [4.78, 5) is 50.2. The van der Waals surface area contributed by atoms with Crippen molar-refractivity contribution in [3.8, 4) is 0 Å². The predicted octanol–water partition coefficient (Wildman–Crippen LogP) is -0.00800. The fourth-order valence-corrected chi connectivity index (χ4v) is 0. The molecule has 0 aliphatic heterocycles. The SMILES string of the molecule is CC(=O)O.CC(=O)O.CC(=O)O.CC(=O)O.O=[P+](O)O. The van der Waals surface area contributed by atoms with E-state index in [9.17, 15) is 0 Å². The van der Waals surface area contributed by atoms with Gasteiger partial charge in [-0.3, -0.25) is 19.2 Å². The first kappa shape index (κ1) is 30.7. The highest BCUT2D eigenvalue weighted by Gasteiger charge is 1.93.